The fourth-order valence-corrected chi connectivity index (χ4v) is 1.75. The van der Waals surface area contributed by atoms with Crippen molar-refractivity contribution >= 4 is 21.9 Å². The van der Waals surface area contributed by atoms with Gasteiger partial charge in [-0.25, -0.2) is 4.98 Å². The Bertz CT molecular complexity index is 540. The lowest BCUT2D eigenvalue weighted by Crippen LogP contribution is -2.05. The predicted molar refractivity (Wildman–Crippen MR) is 65.0 cm³/mol. The van der Waals surface area contributed by atoms with Crippen molar-refractivity contribution < 1.29 is 4.74 Å². The first-order chi connectivity index (χ1) is 8.10. The Morgan fingerprint density at radius 2 is 2.18 bits per heavy atom. The summed E-state index contributed by atoms with van der Waals surface area (Å²) in [5.41, 5.74) is 5.50. The standard InChI is InChI=1S/C9H11BrN6O/c1-3-17-7-4-6(12-5(2)13-7)16-8(10)14-9(11)15-16/h4H,3H2,1-2H3,(H2,11,15). The van der Waals surface area contributed by atoms with E-state index in [1.807, 2.05) is 6.92 Å². The zero-order chi connectivity index (χ0) is 12.4. The number of rotatable bonds is 3. The first-order valence-electron chi connectivity index (χ1n) is 4.97. The highest BCUT2D eigenvalue weighted by Gasteiger charge is 2.10. The number of nitrogens with zero attached hydrogens (tertiary/aromatic N) is 5. The lowest BCUT2D eigenvalue weighted by atomic mass is 10.5. The van der Waals surface area contributed by atoms with Gasteiger partial charge in [0.05, 0.1) is 6.61 Å². The zero-order valence-corrected chi connectivity index (χ0v) is 11.0. The van der Waals surface area contributed by atoms with Gasteiger partial charge in [-0.1, -0.05) is 0 Å². The van der Waals surface area contributed by atoms with Crippen molar-refractivity contribution in [1.82, 2.24) is 24.7 Å². The maximum Gasteiger partial charge on any atom is 0.240 e. The van der Waals surface area contributed by atoms with E-state index < -0.39 is 0 Å². The molecule has 7 nitrogen and oxygen atoms in total. The number of anilines is 1. The van der Waals surface area contributed by atoms with Crippen LogP contribution < -0.4 is 10.5 Å². The van der Waals surface area contributed by atoms with Gasteiger partial charge in [0.1, 0.15) is 5.82 Å². The molecule has 2 aromatic heterocycles. The molecule has 0 saturated heterocycles. The number of aromatic nitrogens is 5. The highest BCUT2D eigenvalue weighted by atomic mass is 79.9. The Labute approximate surface area is 106 Å². The summed E-state index contributed by atoms with van der Waals surface area (Å²) in [6.07, 6.45) is 0. The number of nitrogens with two attached hydrogens (primary N) is 1. The fourth-order valence-electron chi connectivity index (χ4n) is 1.31. The van der Waals surface area contributed by atoms with Crippen molar-refractivity contribution in [2.24, 2.45) is 0 Å². The quantitative estimate of drug-likeness (QED) is 0.912. The summed E-state index contributed by atoms with van der Waals surface area (Å²) in [4.78, 5) is 12.3. The van der Waals surface area contributed by atoms with Gasteiger partial charge in [-0.2, -0.15) is 14.6 Å². The number of hydrogen-bond acceptors (Lipinski definition) is 6. The van der Waals surface area contributed by atoms with Crippen LogP contribution >= 0.6 is 15.9 Å². The van der Waals surface area contributed by atoms with Crippen LogP contribution in [0.5, 0.6) is 5.88 Å². The molecule has 0 aromatic carbocycles. The van der Waals surface area contributed by atoms with Crippen molar-refractivity contribution in [3.63, 3.8) is 0 Å². The fraction of sp³-hybridized carbons (Fsp3) is 0.333. The van der Waals surface area contributed by atoms with E-state index in [9.17, 15) is 0 Å². The summed E-state index contributed by atoms with van der Waals surface area (Å²) < 4.78 is 7.30. The largest absolute Gasteiger partial charge is 0.478 e. The molecule has 0 atom stereocenters. The average molecular weight is 299 g/mol. The highest BCUT2D eigenvalue weighted by Crippen LogP contribution is 2.17. The van der Waals surface area contributed by atoms with Crippen LogP contribution in [0.3, 0.4) is 0 Å². The van der Waals surface area contributed by atoms with E-state index in [0.717, 1.165) is 0 Å². The molecule has 0 radical (unpaired) electrons. The Balaban J connectivity index is 2.48. The lowest BCUT2D eigenvalue weighted by Gasteiger charge is -2.06. The van der Waals surface area contributed by atoms with E-state index >= 15 is 0 Å². The lowest BCUT2D eigenvalue weighted by molar-refractivity contribution is 0.325. The Morgan fingerprint density at radius 3 is 2.76 bits per heavy atom. The minimum absolute atomic E-state index is 0.172. The van der Waals surface area contributed by atoms with Crippen molar-refractivity contribution in [3.8, 4) is 11.7 Å². The third-order valence-electron chi connectivity index (χ3n) is 1.89. The number of nitrogen functional groups attached to an aromatic ring is 1. The van der Waals surface area contributed by atoms with Crippen molar-refractivity contribution in [3.05, 3.63) is 16.6 Å². The van der Waals surface area contributed by atoms with E-state index in [1.165, 1.54) is 4.68 Å². The smallest absolute Gasteiger partial charge is 0.240 e. The van der Waals surface area contributed by atoms with E-state index in [0.29, 0.717) is 28.9 Å². The van der Waals surface area contributed by atoms with Gasteiger partial charge in [-0.15, -0.1) is 5.10 Å². The molecule has 0 aliphatic carbocycles. The Morgan fingerprint density at radius 1 is 1.41 bits per heavy atom. The van der Waals surface area contributed by atoms with Crippen LogP contribution in [0.1, 0.15) is 12.7 Å². The summed E-state index contributed by atoms with van der Waals surface area (Å²) in [6.45, 7) is 4.21. The maximum absolute atomic E-state index is 5.50. The minimum atomic E-state index is 0.172. The van der Waals surface area contributed by atoms with Crippen LogP contribution in [-0.4, -0.2) is 31.3 Å². The molecule has 0 fully saturated rings. The number of aryl methyl sites for hydroxylation is 1. The normalized spacial score (nSPS) is 10.5. The number of halogens is 1. The molecule has 0 bridgehead atoms. The molecule has 2 aromatic rings. The second kappa shape index (κ2) is 4.66. The molecule has 8 heteroatoms. The molecule has 0 amide bonds. The summed E-state index contributed by atoms with van der Waals surface area (Å²) >= 11 is 3.25. The molecule has 0 unspecified atom stereocenters. The summed E-state index contributed by atoms with van der Waals surface area (Å²) in [7, 11) is 0. The van der Waals surface area contributed by atoms with Crippen LogP contribution in [0.25, 0.3) is 5.82 Å². The van der Waals surface area contributed by atoms with Gasteiger partial charge in [0.15, 0.2) is 5.82 Å². The van der Waals surface area contributed by atoms with Gasteiger partial charge >= 0.3 is 0 Å². The second-order valence-electron chi connectivity index (χ2n) is 3.20. The highest BCUT2D eigenvalue weighted by molar-refractivity contribution is 9.10. The summed E-state index contributed by atoms with van der Waals surface area (Å²) in [6, 6.07) is 1.68. The molecular weight excluding hydrogens is 288 g/mol. The van der Waals surface area contributed by atoms with E-state index in [1.54, 1.807) is 13.0 Å². The maximum atomic E-state index is 5.50. The molecule has 2 rings (SSSR count). The second-order valence-corrected chi connectivity index (χ2v) is 3.90. The summed E-state index contributed by atoms with van der Waals surface area (Å²) in [5.74, 6) is 1.81. The molecular formula is C9H11BrN6O. The van der Waals surface area contributed by atoms with E-state index in [2.05, 4.69) is 36.0 Å². The third kappa shape index (κ3) is 2.52. The molecule has 0 saturated carbocycles. The van der Waals surface area contributed by atoms with Gasteiger partial charge < -0.3 is 10.5 Å². The zero-order valence-electron chi connectivity index (χ0n) is 9.38. The monoisotopic (exact) mass is 298 g/mol. The van der Waals surface area contributed by atoms with Gasteiger partial charge in [-0.05, 0) is 29.8 Å². The third-order valence-corrected chi connectivity index (χ3v) is 2.41. The minimum Gasteiger partial charge on any atom is -0.478 e. The van der Waals surface area contributed by atoms with Gasteiger partial charge in [0.25, 0.3) is 0 Å². The van der Waals surface area contributed by atoms with Crippen LogP contribution in [0.2, 0.25) is 0 Å². The van der Waals surface area contributed by atoms with Crippen LogP contribution in [-0.2, 0) is 0 Å². The molecule has 2 heterocycles. The molecule has 0 aliphatic rings. The topological polar surface area (TPSA) is 91.7 Å². The Kier molecular flexibility index (Phi) is 3.23. The SMILES string of the molecule is CCOc1cc(-n2nc(N)nc2Br)nc(C)n1. The predicted octanol–water partition coefficient (Wildman–Crippen LogP) is 1.11. The summed E-state index contributed by atoms with van der Waals surface area (Å²) in [5, 5.41) is 4.01. The first kappa shape index (κ1) is 11.8. The van der Waals surface area contributed by atoms with Crippen molar-refractivity contribution in [1.29, 1.82) is 0 Å². The first-order valence-corrected chi connectivity index (χ1v) is 5.76. The van der Waals surface area contributed by atoms with E-state index in [-0.39, 0.29) is 5.95 Å². The number of ether oxygens (including phenoxy) is 1. The molecule has 0 spiro atoms. The molecule has 17 heavy (non-hydrogen) atoms. The van der Waals surface area contributed by atoms with Crippen molar-refractivity contribution in [2.75, 3.05) is 12.3 Å². The van der Waals surface area contributed by atoms with Crippen LogP contribution in [0, 0.1) is 6.92 Å². The molecule has 0 aliphatic heterocycles. The van der Waals surface area contributed by atoms with Gasteiger partial charge in [0.2, 0.25) is 16.6 Å². The van der Waals surface area contributed by atoms with Crippen LogP contribution in [0.15, 0.2) is 10.8 Å². The van der Waals surface area contributed by atoms with Gasteiger partial charge in [-0.3, -0.25) is 0 Å². The average Bonchev–Trinajstić information content (AvgIpc) is 2.57. The van der Waals surface area contributed by atoms with Gasteiger partial charge in [0, 0.05) is 6.07 Å². The Hall–Kier alpha value is -1.70. The van der Waals surface area contributed by atoms with E-state index in [4.69, 9.17) is 10.5 Å². The van der Waals surface area contributed by atoms with Crippen LogP contribution in [0.4, 0.5) is 5.95 Å². The molecule has 2 N–H and O–H groups in total. The number of hydrogen-bond donors (Lipinski definition) is 1. The molecule has 90 valence electrons. The van der Waals surface area contributed by atoms with Crippen molar-refractivity contribution in [2.45, 2.75) is 13.8 Å².